The van der Waals surface area contributed by atoms with Crippen molar-refractivity contribution in [1.29, 1.82) is 5.26 Å². The lowest BCUT2D eigenvalue weighted by molar-refractivity contribution is 0.303. The number of nitriles is 1. The maximum absolute atomic E-state index is 8.44. The molecule has 2 nitrogen and oxygen atoms in total. The van der Waals surface area contributed by atoms with Crippen LogP contribution < -0.4 is 0 Å². The van der Waals surface area contributed by atoms with Crippen molar-refractivity contribution >= 4 is 0 Å². The van der Waals surface area contributed by atoms with Crippen LogP contribution in [-0.4, -0.2) is 7.11 Å². The molecule has 0 aliphatic carbocycles. The summed E-state index contributed by atoms with van der Waals surface area (Å²) >= 11 is 0. The largest absolute Gasteiger partial charge is 0.495 e. The lowest BCUT2D eigenvalue weighted by atomic mass is 10.2. The summed E-state index contributed by atoms with van der Waals surface area (Å²) in [4.78, 5) is 0. The van der Waals surface area contributed by atoms with E-state index in [1.54, 1.807) is 12.2 Å². The van der Waals surface area contributed by atoms with E-state index in [9.17, 15) is 0 Å². The fourth-order valence-corrected chi connectivity index (χ4v) is 0.531. The number of hydrogen-bond acceptors (Lipinski definition) is 2. The normalized spacial score (nSPS) is 11.2. The Morgan fingerprint density at radius 2 is 2.27 bits per heavy atom. The molecule has 0 amide bonds. The quantitative estimate of drug-likeness (QED) is 0.350. The summed E-state index contributed by atoms with van der Waals surface area (Å²) in [6.07, 6.45) is 5.34. The van der Waals surface area contributed by atoms with Gasteiger partial charge in [0.1, 0.15) is 11.8 Å². The fraction of sp³-hybridized carbons (Fsp3) is 0.222. The standard InChI is InChI=1S/C9H11NO/c1-4-5-6-9(11-3)8(2)7-10/h4-6H,2H2,1,3H3/b5-4-,9-6+. The topological polar surface area (TPSA) is 33.0 Å². The molecule has 0 bridgehead atoms. The predicted octanol–water partition coefficient (Wildman–Crippen LogP) is 2.17. The molecule has 0 rings (SSSR count). The van der Waals surface area contributed by atoms with Crippen LogP contribution in [0.1, 0.15) is 6.92 Å². The molecule has 0 heterocycles. The Morgan fingerprint density at radius 1 is 1.64 bits per heavy atom. The van der Waals surface area contributed by atoms with Gasteiger partial charge in [0.15, 0.2) is 0 Å². The zero-order valence-corrected chi connectivity index (χ0v) is 6.79. The molecule has 0 aromatic rings. The lowest BCUT2D eigenvalue weighted by Crippen LogP contribution is -1.87. The van der Waals surface area contributed by atoms with E-state index in [2.05, 4.69) is 6.58 Å². The van der Waals surface area contributed by atoms with Gasteiger partial charge in [-0.3, -0.25) is 0 Å². The molecule has 0 saturated heterocycles. The Labute approximate surface area is 67.1 Å². The van der Waals surface area contributed by atoms with Crippen molar-refractivity contribution in [1.82, 2.24) is 0 Å². The Kier molecular flexibility index (Phi) is 4.59. The third-order valence-electron chi connectivity index (χ3n) is 1.09. The second-order valence-electron chi connectivity index (χ2n) is 1.85. The van der Waals surface area contributed by atoms with Crippen molar-refractivity contribution in [2.45, 2.75) is 6.92 Å². The molecule has 0 N–H and O–H groups in total. The second-order valence-corrected chi connectivity index (χ2v) is 1.85. The Bertz CT molecular complexity index is 230. The van der Waals surface area contributed by atoms with Crippen LogP contribution in [0.3, 0.4) is 0 Å². The maximum Gasteiger partial charge on any atom is 0.135 e. The minimum atomic E-state index is 0.339. The van der Waals surface area contributed by atoms with Gasteiger partial charge >= 0.3 is 0 Å². The zero-order chi connectivity index (χ0) is 8.69. The summed E-state index contributed by atoms with van der Waals surface area (Å²) < 4.78 is 4.89. The number of hydrogen-bond donors (Lipinski definition) is 0. The molecular formula is C9H11NO. The average Bonchev–Trinajstić information content (AvgIpc) is 2.05. The summed E-state index contributed by atoms with van der Waals surface area (Å²) in [6.45, 7) is 5.40. The molecule has 0 aromatic carbocycles. The van der Waals surface area contributed by atoms with E-state index in [0.29, 0.717) is 11.3 Å². The third-order valence-corrected chi connectivity index (χ3v) is 1.09. The highest BCUT2D eigenvalue weighted by molar-refractivity contribution is 5.37. The van der Waals surface area contributed by atoms with Crippen molar-refractivity contribution in [3.8, 4) is 6.07 Å². The molecular weight excluding hydrogens is 138 g/mol. The number of ether oxygens (including phenoxy) is 1. The van der Waals surface area contributed by atoms with Gasteiger partial charge in [-0.25, -0.2) is 0 Å². The summed E-state index contributed by atoms with van der Waals surface area (Å²) in [5.41, 5.74) is 0.339. The first kappa shape index (κ1) is 9.51. The molecule has 0 atom stereocenters. The van der Waals surface area contributed by atoms with E-state index in [1.807, 2.05) is 19.1 Å². The number of rotatable bonds is 3. The smallest absolute Gasteiger partial charge is 0.135 e. The van der Waals surface area contributed by atoms with Crippen molar-refractivity contribution in [3.05, 3.63) is 36.1 Å². The highest BCUT2D eigenvalue weighted by Gasteiger charge is 1.97. The van der Waals surface area contributed by atoms with E-state index in [0.717, 1.165) is 0 Å². The minimum absolute atomic E-state index is 0.339. The maximum atomic E-state index is 8.44. The minimum Gasteiger partial charge on any atom is -0.495 e. The Hall–Kier alpha value is -1.49. The first-order valence-corrected chi connectivity index (χ1v) is 3.22. The average molecular weight is 149 g/mol. The number of nitrogens with zero attached hydrogens (tertiary/aromatic N) is 1. The van der Waals surface area contributed by atoms with Gasteiger partial charge in [-0.05, 0) is 13.0 Å². The predicted molar refractivity (Wildman–Crippen MR) is 44.7 cm³/mol. The van der Waals surface area contributed by atoms with Gasteiger partial charge in [0, 0.05) is 0 Å². The Balaban J connectivity index is 4.42. The van der Waals surface area contributed by atoms with Gasteiger partial charge in [0.2, 0.25) is 0 Å². The molecule has 2 heteroatoms. The van der Waals surface area contributed by atoms with Crippen LogP contribution in [0, 0.1) is 11.3 Å². The van der Waals surface area contributed by atoms with Crippen LogP contribution in [0.2, 0.25) is 0 Å². The monoisotopic (exact) mass is 149 g/mol. The van der Waals surface area contributed by atoms with Crippen LogP contribution in [0.4, 0.5) is 0 Å². The summed E-state index contributed by atoms with van der Waals surface area (Å²) in [5, 5.41) is 8.44. The van der Waals surface area contributed by atoms with E-state index in [-0.39, 0.29) is 0 Å². The molecule has 0 saturated carbocycles. The van der Waals surface area contributed by atoms with Crippen molar-refractivity contribution < 1.29 is 4.74 Å². The Morgan fingerprint density at radius 3 is 2.64 bits per heavy atom. The number of methoxy groups -OCH3 is 1. The number of allylic oxidation sites excluding steroid dienone is 4. The van der Waals surface area contributed by atoms with Gasteiger partial charge in [-0.15, -0.1) is 0 Å². The molecule has 0 radical (unpaired) electrons. The van der Waals surface area contributed by atoms with Crippen LogP contribution in [-0.2, 0) is 4.74 Å². The SMILES string of the molecule is C=C(C#N)/C(=C\C=C/C)OC. The van der Waals surface area contributed by atoms with E-state index < -0.39 is 0 Å². The molecule has 11 heavy (non-hydrogen) atoms. The summed E-state index contributed by atoms with van der Waals surface area (Å²) in [6, 6.07) is 1.90. The first-order chi connectivity index (χ1) is 5.26. The van der Waals surface area contributed by atoms with Gasteiger partial charge < -0.3 is 4.74 Å². The van der Waals surface area contributed by atoms with E-state index in [4.69, 9.17) is 10.00 Å². The summed E-state index contributed by atoms with van der Waals surface area (Å²) in [5.74, 6) is 0.505. The van der Waals surface area contributed by atoms with E-state index >= 15 is 0 Å². The van der Waals surface area contributed by atoms with Gasteiger partial charge in [0.05, 0.1) is 12.7 Å². The zero-order valence-electron chi connectivity index (χ0n) is 6.79. The van der Waals surface area contributed by atoms with Crippen LogP contribution in [0.25, 0.3) is 0 Å². The van der Waals surface area contributed by atoms with Crippen LogP contribution >= 0.6 is 0 Å². The van der Waals surface area contributed by atoms with Crippen LogP contribution in [0.5, 0.6) is 0 Å². The molecule has 0 unspecified atom stereocenters. The van der Waals surface area contributed by atoms with Crippen molar-refractivity contribution in [2.24, 2.45) is 0 Å². The first-order valence-electron chi connectivity index (χ1n) is 3.22. The molecule has 0 aliphatic heterocycles. The highest BCUT2D eigenvalue weighted by atomic mass is 16.5. The van der Waals surface area contributed by atoms with Crippen LogP contribution in [0.15, 0.2) is 36.1 Å². The summed E-state index contributed by atoms with van der Waals surface area (Å²) in [7, 11) is 1.51. The highest BCUT2D eigenvalue weighted by Crippen LogP contribution is 2.06. The fourth-order valence-electron chi connectivity index (χ4n) is 0.531. The van der Waals surface area contributed by atoms with Gasteiger partial charge in [-0.1, -0.05) is 18.7 Å². The molecule has 0 spiro atoms. The molecule has 0 fully saturated rings. The third kappa shape index (κ3) is 3.27. The second kappa shape index (κ2) is 5.31. The van der Waals surface area contributed by atoms with Gasteiger partial charge in [0.25, 0.3) is 0 Å². The van der Waals surface area contributed by atoms with Crippen molar-refractivity contribution in [2.75, 3.05) is 7.11 Å². The molecule has 0 aromatic heterocycles. The lowest BCUT2D eigenvalue weighted by Gasteiger charge is -1.99. The van der Waals surface area contributed by atoms with Gasteiger partial charge in [-0.2, -0.15) is 5.26 Å². The molecule has 58 valence electrons. The van der Waals surface area contributed by atoms with E-state index in [1.165, 1.54) is 7.11 Å². The van der Waals surface area contributed by atoms with Crippen molar-refractivity contribution in [3.63, 3.8) is 0 Å². The molecule has 0 aliphatic rings.